The number of carboxylic acids is 2. The minimum Gasteiger partial charge on any atom is -0.507 e. The van der Waals surface area contributed by atoms with Crippen LogP contribution < -0.4 is 43.4 Å². The van der Waals surface area contributed by atoms with Gasteiger partial charge in [0.15, 0.2) is 0 Å². The number of carbonyl (C=O) groups is 8. The van der Waals surface area contributed by atoms with Crippen molar-refractivity contribution in [1.82, 2.24) is 21.3 Å². The third kappa shape index (κ3) is 9.91. The lowest BCUT2D eigenvalue weighted by atomic mass is 9.81. The number of carboxylic acid groups (broad SMARTS) is 2. The van der Waals surface area contributed by atoms with Gasteiger partial charge in [-0.15, -0.1) is 0 Å². The summed E-state index contributed by atoms with van der Waals surface area (Å²) in [6.45, 7) is 2.50. The molecular formula is C32H40N8O12. The Hall–Kier alpha value is -6.28. The monoisotopic (exact) mass is 728 g/mol. The molecule has 0 aliphatic heterocycles. The first kappa shape index (κ1) is 40.2. The second-order valence-corrected chi connectivity index (χ2v) is 11.8. The Balaban J connectivity index is 1.84. The fourth-order valence-electron chi connectivity index (χ4n) is 5.18. The number of rotatable bonds is 20. The highest BCUT2D eigenvalue weighted by Gasteiger charge is 2.38. The van der Waals surface area contributed by atoms with E-state index < -0.39 is 107 Å². The summed E-state index contributed by atoms with van der Waals surface area (Å²) >= 11 is 0. The minimum atomic E-state index is -1.30. The predicted octanol–water partition coefficient (Wildman–Crippen LogP) is -2.46. The summed E-state index contributed by atoms with van der Waals surface area (Å²) in [5, 5.41) is 55.6. The topological polar surface area (TPSA) is 342 Å². The molecule has 0 aromatic heterocycles. The van der Waals surface area contributed by atoms with Crippen molar-refractivity contribution in [3.63, 3.8) is 0 Å². The zero-order valence-corrected chi connectivity index (χ0v) is 28.1. The lowest BCUT2D eigenvalue weighted by Crippen LogP contribution is -2.52. The average molecular weight is 729 g/mol. The van der Waals surface area contributed by atoms with E-state index in [1.807, 2.05) is 0 Å². The Labute approximate surface area is 295 Å². The van der Waals surface area contributed by atoms with Gasteiger partial charge in [-0.3, -0.25) is 38.4 Å². The number of fused-ring (bicyclic) bond motifs is 2. The molecule has 0 saturated carbocycles. The zero-order chi connectivity index (χ0) is 38.9. The third-order valence-corrected chi connectivity index (χ3v) is 7.90. The molecule has 0 unspecified atom stereocenters. The van der Waals surface area contributed by atoms with Gasteiger partial charge in [0.25, 0.3) is 0 Å². The Morgan fingerprint density at radius 1 is 0.596 bits per heavy atom. The van der Waals surface area contributed by atoms with Gasteiger partial charge in [-0.05, 0) is 38.1 Å². The Kier molecular flexibility index (Phi) is 13.6. The van der Waals surface area contributed by atoms with Gasteiger partial charge in [0.1, 0.15) is 23.6 Å². The van der Waals surface area contributed by atoms with Gasteiger partial charge in [0, 0.05) is 37.6 Å². The van der Waals surface area contributed by atoms with Gasteiger partial charge < -0.3 is 63.8 Å². The fraction of sp³-hybridized carbons (Fsp3) is 0.375. The summed E-state index contributed by atoms with van der Waals surface area (Å²) in [5.41, 5.74) is 9.30. The molecule has 1 aliphatic rings. The number of hydrogen-bond acceptors (Lipinski definition) is 14. The minimum absolute atomic E-state index is 0.0281. The summed E-state index contributed by atoms with van der Waals surface area (Å²) < 4.78 is 0. The van der Waals surface area contributed by atoms with Crippen molar-refractivity contribution < 1.29 is 58.8 Å². The smallest absolute Gasteiger partial charge is 0.305 e. The van der Waals surface area contributed by atoms with Crippen LogP contribution in [-0.4, -0.2) is 118 Å². The van der Waals surface area contributed by atoms with Gasteiger partial charge in [-0.2, -0.15) is 0 Å². The maximum absolute atomic E-state index is 13.8. The van der Waals surface area contributed by atoms with Crippen LogP contribution in [0.1, 0.15) is 58.5 Å². The molecule has 1 aliphatic carbocycles. The Morgan fingerprint density at radius 3 is 1.25 bits per heavy atom. The first-order valence-electron chi connectivity index (χ1n) is 15.8. The molecule has 14 N–H and O–H groups in total. The standard InChI is InChI=1S/C32H40N8O12/c1-13(29(33)49)39-31(51)17(11-21(43)44)37-9-7-35-15-3-4-16(24-23(15)27(47)25-19(41)5-6-20(42)26(25)28(24)48)36-8-10-38-18(12-22(45)46)32(52)40-14(2)30(34)50/h3-6,13-14,17-18,35-38,41-42H,7-12H2,1-2H3,(H2,33,49)(H2,34,50)(H,39,51)(H,40,52)(H,43,44)(H,45,46)/t13-,14-,17-,18-/m0/s1. The predicted molar refractivity (Wildman–Crippen MR) is 182 cm³/mol. The highest BCUT2D eigenvalue weighted by molar-refractivity contribution is 6.33. The molecule has 4 atom stereocenters. The van der Waals surface area contributed by atoms with E-state index in [4.69, 9.17) is 11.5 Å². The average Bonchev–Trinajstić information content (AvgIpc) is 3.06. The number of anilines is 2. The zero-order valence-electron chi connectivity index (χ0n) is 28.1. The van der Waals surface area contributed by atoms with Crippen LogP contribution in [0.2, 0.25) is 0 Å². The molecular weight excluding hydrogens is 688 g/mol. The number of ketones is 2. The highest BCUT2D eigenvalue weighted by atomic mass is 16.4. The molecule has 0 saturated heterocycles. The number of phenolic OH excluding ortho intramolecular Hbond substituents is 2. The van der Waals surface area contributed by atoms with Crippen LogP contribution in [0.4, 0.5) is 11.4 Å². The second kappa shape index (κ2) is 17.6. The van der Waals surface area contributed by atoms with Gasteiger partial charge in [0.05, 0.1) is 47.2 Å². The van der Waals surface area contributed by atoms with Crippen molar-refractivity contribution in [3.8, 4) is 11.5 Å². The van der Waals surface area contributed by atoms with Crippen LogP contribution in [0.5, 0.6) is 11.5 Å². The number of phenols is 2. The highest BCUT2D eigenvalue weighted by Crippen LogP contribution is 2.42. The Morgan fingerprint density at radius 2 is 0.942 bits per heavy atom. The Bertz CT molecular complexity index is 1660. The van der Waals surface area contributed by atoms with Crippen molar-refractivity contribution in [1.29, 1.82) is 0 Å². The number of aliphatic carboxylic acids is 2. The maximum Gasteiger partial charge on any atom is 0.305 e. The molecule has 4 amide bonds. The molecule has 0 fully saturated rings. The van der Waals surface area contributed by atoms with Crippen LogP contribution in [-0.2, 0) is 28.8 Å². The summed E-state index contributed by atoms with van der Waals surface area (Å²) in [6, 6.07) is 0.312. The van der Waals surface area contributed by atoms with Gasteiger partial charge in [0.2, 0.25) is 35.2 Å². The normalized spacial score (nSPS) is 14.1. The van der Waals surface area contributed by atoms with E-state index in [1.54, 1.807) is 0 Å². The van der Waals surface area contributed by atoms with Crippen LogP contribution in [0.25, 0.3) is 0 Å². The molecule has 0 spiro atoms. The summed E-state index contributed by atoms with van der Waals surface area (Å²) in [4.78, 5) is 98.2. The molecule has 280 valence electrons. The number of nitrogens with one attached hydrogen (secondary N) is 6. The van der Waals surface area contributed by atoms with Gasteiger partial charge in [-0.1, -0.05) is 0 Å². The molecule has 0 radical (unpaired) electrons. The van der Waals surface area contributed by atoms with E-state index in [-0.39, 0.29) is 48.7 Å². The lowest BCUT2D eigenvalue weighted by molar-refractivity contribution is -0.140. The molecule has 3 rings (SSSR count). The number of nitrogens with two attached hydrogens (primary N) is 2. The van der Waals surface area contributed by atoms with Crippen molar-refractivity contribution >= 4 is 58.5 Å². The number of primary amides is 2. The number of benzene rings is 2. The van der Waals surface area contributed by atoms with Crippen LogP contribution in [0, 0.1) is 0 Å². The first-order valence-corrected chi connectivity index (χ1v) is 15.8. The van der Waals surface area contributed by atoms with Crippen LogP contribution >= 0.6 is 0 Å². The first-order chi connectivity index (χ1) is 24.4. The number of carbonyl (C=O) groups excluding carboxylic acids is 6. The number of aromatic hydroxyl groups is 2. The molecule has 20 nitrogen and oxygen atoms in total. The van der Waals surface area contributed by atoms with E-state index in [0.29, 0.717) is 0 Å². The van der Waals surface area contributed by atoms with Crippen LogP contribution in [0.15, 0.2) is 24.3 Å². The van der Waals surface area contributed by atoms with Gasteiger partial charge in [-0.25, -0.2) is 0 Å². The van der Waals surface area contributed by atoms with Crippen LogP contribution in [0.3, 0.4) is 0 Å². The second-order valence-electron chi connectivity index (χ2n) is 11.8. The molecule has 2 aromatic carbocycles. The molecule has 20 heteroatoms. The van der Waals surface area contributed by atoms with E-state index in [2.05, 4.69) is 31.9 Å². The quantitative estimate of drug-likeness (QED) is 0.0424. The van der Waals surface area contributed by atoms with E-state index in [0.717, 1.165) is 12.1 Å². The number of hydrogen-bond donors (Lipinski definition) is 12. The lowest BCUT2D eigenvalue weighted by Gasteiger charge is -2.25. The molecule has 0 bridgehead atoms. The van der Waals surface area contributed by atoms with Crippen molar-refractivity contribution in [2.45, 2.75) is 50.9 Å². The maximum atomic E-state index is 13.8. The van der Waals surface area contributed by atoms with E-state index >= 15 is 0 Å². The molecule has 2 aromatic rings. The summed E-state index contributed by atoms with van der Waals surface area (Å²) in [6.07, 6.45) is -1.27. The summed E-state index contributed by atoms with van der Waals surface area (Å²) in [5.74, 6) is -8.61. The summed E-state index contributed by atoms with van der Waals surface area (Å²) in [7, 11) is 0. The van der Waals surface area contributed by atoms with E-state index in [9.17, 15) is 58.8 Å². The largest absolute Gasteiger partial charge is 0.507 e. The molecule has 52 heavy (non-hydrogen) atoms. The third-order valence-electron chi connectivity index (χ3n) is 7.90. The fourth-order valence-corrected chi connectivity index (χ4v) is 5.18. The van der Waals surface area contributed by atoms with Gasteiger partial charge >= 0.3 is 11.9 Å². The van der Waals surface area contributed by atoms with Crippen molar-refractivity contribution in [2.24, 2.45) is 11.5 Å². The molecule has 0 heterocycles. The van der Waals surface area contributed by atoms with Crippen molar-refractivity contribution in [3.05, 3.63) is 46.5 Å². The van der Waals surface area contributed by atoms with E-state index in [1.165, 1.54) is 26.0 Å². The van der Waals surface area contributed by atoms with Crippen molar-refractivity contribution in [2.75, 3.05) is 36.8 Å². The number of amides is 4. The SMILES string of the molecule is C[C@H](NC(=O)[C@H](CC(=O)O)NCCNc1ccc(NCCN[C@@H](CC(=O)O)C(=O)N[C@@H](C)C(N)=O)c2c1C(=O)c1c(O)ccc(O)c1C2=O)C(N)=O.